The Labute approximate surface area is 76.7 Å². The van der Waals surface area contributed by atoms with Crippen LogP contribution in [0.25, 0.3) is 0 Å². The van der Waals surface area contributed by atoms with Crippen LogP contribution in [0.3, 0.4) is 0 Å². The van der Waals surface area contributed by atoms with E-state index in [0.29, 0.717) is 0 Å². The summed E-state index contributed by atoms with van der Waals surface area (Å²) in [6, 6.07) is 0. The Morgan fingerprint density at radius 2 is 1.92 bits per heavy atom. The fourth-order valence-electron chi connectivity index (χ4n) is 1.58. The quantitative estimate of drug-likeness (QED) is 0.680. The topological polar surface area (TPSA) is 12.0 Å². The molecule has 1 nitrogen and oxygen atoms in total. The van der Waals surface area contributed by atoms with Crippen LogP contribution in [0.2, 0.25) is 0 Å². The highest BCUT2D eigenvalue weighted by Crippen LogP contribution is 2.39. The van der Waals surface area contributed by atoms with E-state index in [0.717, 1.165) is 19.4 Å². The van der Waals surface area contributed by atoms with Crippen molar-refractivity contribution >= 4 is 0 Å². The van der Waals surface area contributed by atoms with Gasteiger partial charge in [0.2, 0.25) is 0 Å². The third-order valence-corrected chi connectivity index (χ3v) is 2.70. The predicted octanol–water partition coefficient (Wildman–Crippen LogP) is 2.72. The van der Waals surface area contributed by atoms with Crippen molar-refractivity contribution < 1.29 is 13.2 Å². The van der Waals surface area contributed by atoms with Gasteiger partial charge in [0, 0.05) is 13.1 Å². The van der Waals surface area contributed by atoms with Gasteiger partial charge in [-0.25, -0.2) is 0 Å². The van der Waals surface area contributed by atoms with Crippen molar-refractivity contribution in [2.75, 3.05) is 13.1 Å². The molecule has 0 aromatic heterocycles. The van der Waals surface area contributed by atoms with Gasteiger partial charge in [-0.1, -0.05) is 13.3 Å². The van der Waals surface area contributed by atoms with E-state index >= 15 is 0 Å². The van der Waals surface area contributed by atoms with Crippen molar-refractivity contribution in [3.8, 4) is 0 Å². The third kappa shape index (κ3) is 3.98. The summed E-state index contributed by atoms with van der Waals surface area (Å²) < 4.78 is 35.2. The number of rotatable bonds is 4. The van der Waals surface area contributed by atoms with Crippen LogP contribution in [0, 0.1) is 5.41 Å². The Hall–Kier alpha value is -0.250. The summed E-state index contributed by atoms with van der Waals surface area (Å²) in [5.74, 6) is 0. The fourth-order valence-corrected chi connectivity index (χ4v) is 1.58. The van der Waals surface area contributed by atoms with Crippen LogP contribution in [0.4, 0.5) is 13.2 Å². The van der Waals surface area contributed by atoms with E-state index in [1.165, 1.54) is 6.42 Å². The van der Waals surface area contributed by atoms with E-state index in [9.17, 15) is 13.2 Å². The number of hydrogen-bond acceptors (Lipinski definition) is 1. The number of alkyl halides is 3. The standard InChI is InChI=1S/C9H16F3N/c1-8(3-2-4-8)7-13-6-5-9(10,11)12/h13H,2-7H2,1H3. The summed E-state index contributed by atoms with van der Waals surface area (Å²) >= 11 is 0. The maximum absolute atomic E-state index is 11.7. The van der Waals surface area contributed by atoms with Crippen LogP contribution >= 0.6 is 0 Å². The zero-order chi connectivity index (χ0) is 9.95. The Balaban J connectivity index is 2.01. The molecule has 4 heteroatoms. The Bertz CT molecular complexity index is 161. The molecule has 78 valence electrons. The minimum Gasteiger partial charge on any atom is -0.316 e. The van der Waals surface area contributed by atoms with Crippen molar-refractivity contribution in [3.05, 3.63) is 0 Å². The molecule has 1 fully saturated rings. The highest BCUT2D eigenvalue weighted by molar-refractivity contribution is 4.85. The SMILES string of the molecule is CC1(CNCCC(F)(F)F)CCC1. The lowest BCUT2D eigenvalue weighted by molar-refractivity contribution is -0.133. The van der Waals surface area contributed by atoms with Crippen LogP contribution in [-0.4, -0.2) is 19.3 Å². The van der Waals surface area contributed by atoms with Crippen LogP contribution in [0.5, 0.6) is 0 Å². The molecule has 1 rings (SSSR count). The molecular formula is C9H16F3N. The second-order valence-corrected chi connectivity index (χ2v) is 4.21. The number of halogens is 3. The molecule has 0 aromatic rings. The average Bonchev–Trinajstić information content (AvgIpc) is 1.93. The predicted molar refractivity (Wildman–Crippen MR) is 45.5 cm³/mol. The molecule has 1 saturated carbocycles. The van der Waals surface area contributed by atoms with Crippen LogP contribution in [0.1, 0.15) is 32.6 Å². The maximum Gasteiger partial charge on any atom is 0.390 e. The first-order chi connectivity index (χ1) is 5.91. The maximum atomic E-state index is 11.7. The molecule has 0 amide bonds. The summed E-state index contributed by atoms with van der Waals surface area (Å²) in [5.41, 5.74) is 0.269. The first kappa shape index (κ1) is 10.8. The van der Waals surface area contributed by atoms with Gasteiger partial charge in [-0.2, -0.15) is 13.2 Å². The van der Waals surface area contributed by atoms with E-state index < -0.39 is 12.6 Å². The van der Waals surface area contributed by atoms with E-state index in [4.69, 9.17) is 0 Å². The second kappa shape index (κ2) is 3.86. The molecule has 1 aliphatic rings. The highest BCUT2D eigenvalue weighted by atomic mass is 19.4. The van der Waals surface area contributed by atoms with E-state index in [1.807, 2.05) is 0 Å². The first-order valence-electron chi connectivity index (χ1n) is 4.69. The fraction of sp³-hybridized carbons (Fsp3) is 1.00. The zero-order valence-electron chi connectivity index (χ0n) is 7.88. The largest absolute Gasteiger partial charge is 0.390 e. The van der Waals surface area contributed by atoms with Crippen molar-refractivity contribution in [1.29, 1.82) is 0 Å². The molecule has 0 unspecified atom stereocenters. The molecule has 0 saturated heterocycles. The minimum atomic E-state index is -4.02. The highest BCUT2D eigenvalue weighted by Gasteiger charge is 2.32. The Morgan fingerprint density at radius 1 is 1.31 bits per heavy atom. The molecule has 0 aromatic carbocycles. The molecule has 1 N–H and O–H groups in total. The molecule has 0 atom stereocenters. The third-order valence-electron chi connectivity index (χ3n) is 2.70. The number of hydrogen-bond donors (Lipinski definition) is 1. The molecule has 0 radical (unpaired) electrons. The first-order valence-corrected chi connectivity index (χ1v) is 4.69. The lowest BCUT2D eigenvalue weighted by atomic mass is 9.70. The van der Waals surface area contributed by atoms with Gasteiger partial charge in [-0.05, 0) is 18.3 Å². The second-order valence-electron chi connectivity index (χ2n) is 4.21. The van der Waals surface area contributed by atoms with E-state index in [-0.39, 0.29) is 12.0 Å². The lowest BCUT2D eigenvalue weighted by Crippen LogP contribution is -2.38. The Morgan fingerprint density at radius 3 is 2.31 bits per heavy atom. The smallest absolute Gasteiger partial charge is 0.316 e. The normalized spacial score (nSPS) is 21.2. The van der Waals surface area contributed by atoms with Gasteiger partial charge < -0.3 is 5.32 Å². The van der Waals surface area contributed by atoms with Gasteiger partial charge in [-0.3, -0.25) is 0 Å². The van der Waals surface area contributed by atoms with E-state index in [1.54, 1.807) is 0 Å². The summed E-state index contributed by atoms with van der Waals surface area (Å²) in [4.78, 5) is 0. The summed E-state index contributed by atoms with van der Waals surface area (Å²) in [5, 5.41) is 2.86. The molecule has 0 aliphatic heterocycles. The molecule has 13 heavy (non-hydrogen) atoms. The van der Waals surface area contributed by atoms with Gasteiger partial charge in [0.15, 0.2) is 0 Å². The van der Waals surface area contributed by atoms with Crippen LogP contribution in [0.15, 0.2) is 0 Å². The van der Waals surface area contributed by atoms with Crippen molar-refractivity contribution in [3.63, 3.8) is 0 Å². The van der Waals surface area contributed by atoms with Crippen LogP contribution in [-0.2, 0) is 0 Å². The van der Waals surface area contributed by atoms with Crippen molar-refractivity contribution in [1.82, 2.24) is 5.32 Å². The van der Waals surface area contributed by atoms with E-state index in [2.05, 4.69) is 12.2 Å². The summed E-state index contributed by atoms with van der Waals surface area (Å²) in [6.07, 6.45) is -1.23. The molecule has 0 bridgehead atoms. The molecular weight excluding hydrogens is 179 g/mol. The van der Waals surface area contributed by atoms with Gasteiger partial charge in [-0.15, -0.1) is 0 Å². The average molecular weight is 195 g/mol. The minimum absolute atomic E-state index is 0.0547. The van der Waals surface area contributed by atoms with Crippen molar-refractivity contribution in [2.45, 2.75) is 38.8 Å². The molecule has 0 spiro atoms. The van der Waals surface area contributed by atoms with Crippen LogP contribution < -0.4 is 5.32 Å². The lowest BCUT2D eigenvalue weighted by Gasteiger charge is -2.38. The summed E-state index contributed by atoms with van der Waals surface area (Å²) in [6.45, 7) is 2.90. The van der Waals surface area contributed by atoms with Gasteiger partial charge in [0.25, 0.3) is 0 Å². The monoisotopic (exact) mass is 195 g/mol. The summed E-state index contributed by atoms with van der Waals surface area (Å²) in [7, 11) is 0. The zero-order valence-corrected chi connectivity index (χ0v) is 7.88. The van der Waals surface area contributed by atoms with Gasteiger partial charge in [0.05, 0.1) is 6.42 Å². The van der Waals surface area contributed by atoms with Gasteiger partial charge >= 0.3 is 6.18 Å². The molecule has 1 aliphatic carbocycles. The number of nitrogens with one attached hydrogen (secondary N) is 1. The molecule has 0 heterocycles. The Kier molecular flexibility index (Phi) is 3.22. The van der Waals surface area contributed by atoms with Crippen molar-refractivity contribution in [2.24, 2.45) is 5.41 Å². The van der Waals surface area contributed by atoms with Gasteiger partial charge in [0.1, 0.15) is 0 Å².